The SMILES string of the molecule is Cc1ccccc1N=C1CCCC1. The fourth-order valence-electron chi connectivity index (χ4n) is 1.75. The molecule has 0 saturated heterocycles. The standard InChI is InChI=1S/C12H15N/c1-10-6-2-5-9-12(10)13-11-7-3-4-8-11/h2,5-6,9H,3-4,7-8H2,1H3. The predicted molar refractivity (Wildman–Crippen MR) is 56.7 cm³/mol. The van der Waals surface area contributed by atoms with E-state index in [0.717, 1.165) is 5.69 Å². The van der Waals surface area contributed by atoms with E-state index in [1.807, 2.05) is 0 Å². The van der Waals surface area contributed by atoms with Crippen LogP contribution in [0, 0.1) is 6.92 Å². The average Bonchev–Trinajstić information content (AvgIpc) is 2.61. The molecule has 0 bridgehead atoms. The van der Waals surface area contributed by atoms with Crippen LogP contribution in [0.5, 0.6) is 0 Å². The summed E-state index contributed by atoms with van der Waals surface area (Å²) < 4.78 is 0. The first kappa shape index (κ1) is 8.49. The summed E-state index contributed by atoms with van der Waals surface area (Å²) in [6.45, 7) is 2.12. The minimum Gasteiger partial charge on any atom is -0.258 e. The molecule has 0 atom stereocenters. The number of nitrogens with zero attached hydrogens (tertiary/aromatic N) is 1. The first-order chi connectivity index (χ1) is 6.36. The van der Waals surface area contributed by atoms with Crippen LogP contribution >= 0.6 is 0 Å². The fraction of sp³-hybridized carbons (Fsp3) is 0.417. The van der Waals surface area contributed by atoms with Crippen molar-refractivity contribution in [3.63, 3.8) is 0 Å². The lowest BCUT2D eigenvalue weighted by Gasteiger charge is -2.00. The van der Waals surface area contributed by atoms with Crippen LogP contribution in [-0.4, -0.2) is 5.71 Å². The van der Waals surface area contributed by atoms with Gasteiger partial charge in [-0.3, -0.25) is 4.99 Å². The van der Waals surface area contributed by atoms with Gasteiger partial charge in [0.15, 0.2) is 0 Å². The molecule has 1 aromatic carbocycles. The molecular weight excluding hydrogens is 158 g/mol. The van der Waals surface area contributed by atoms with Crippen LogP contribution in [0.1, 0.15) is 31.2 Å². The topological polar surface area (TPSA) is 12.4 Å². The minimum atomic E-state index is 1.15. The lowest BCUT2D eigenvalue weighted by Crippen LogP contribution is -1.87. The third kappa shape index (κ3) is 1.97. The zero-order chi connectivity index (χ0) is 9.10. The summed E-state index contributed by atoms with van der Waals surface area (Å²) in [7, 11) is 0. The fourth-order valence-corrected chi connectivity index (χ4v) is 1.75. The summed E-state index contributed by atoms with van der Waals surface area (Å²) in [5.74, 6) is 0. The van der Waals surface area contributed by atoms with Gasteiger partial charge in [0.2, 0.25) is 0 Å². The van der Waals surface area contributed by atoms with Crippen LogP contribution in [0.15, 0.2) is 29.3 Å². The smallest absolute Gasteiger partial charge is 0.0658 e. The largest absolute Gasteiger partial charge is 0.258 e. The zero-order valence-corrected chi connectivity index (χ0v) is 8.09. The maximum Gasteiger partial charge on any atom is 0.0658 e. The maximum atomic E-state index is 4.67. The Morgan fingerprint density at radius 2 is 1.77 bits per heavy atom. The van der Waals surface area contributed by atoms with Crippen LogP contribution in [0.25, 0.3) is 0 Å². The van der Waals surface area contributed by atoms with Gasteiger partial charge in [-0.1, -0.05) is 18.2 Å². The molecule has 0 aromatic heterocycles. The molecule has 0 heterocycles. The van der Waals surface area contributed by atoms with Crippen molar-refractivity contribution in [2.75, 3.05) is 0 Å². The molecule has 0 N–H and O–H groups in total. The highest BCUT2D eigenvalue weighted by Crippen LogP contribution is 2.22. The van der Waals surface area contributed by atoms with Crippen LogP contribution < -0.4 is 0 Å². The second-order valence-corrected chi connectivity index (χ2v) is 3.67. The molecule has 0 spiro atoms. The van der Waals surface area contributed by atoms with Crippen molar-refractivity contribution in [3.05, 3.63) is 29.8 Å². The number of aliphatic imine (C=N–C) groups is 1. The van der Waals surface area contributed by atoms with Gasteiger partial charge in [-0.2, -0.15) is 0 Å². The van der Waals surface area contributed by atoms with Gasteiger partial charge in [-0.05, 0) is 44.2 Å². The zero-order valence-electron chi connectivity index (χ0n) is 8.09. The Hall–Kier alpha value is -1.11. The number of hydrogen-bond donors (Lipinski definition) is 0. The molecule has 1 heteroatoms. The summed E-state index contributed by atoms with van der Waals surface area (Å²) in [5, 5.41) is 0. The first-order valence-corrected chi connectivity index (χ1v) is 4.98. The van der Waals surface area contributed by atoms with E-state index in [2.05, 4.69) is 36.2 Å². The average molecular weight is 173 g/mol. The molecule has 1 fully saturated rings. The van der Waals surface area contributed by atoms with Gasteiger partial charge in [0, 0.05) is 5.71 Å². The Bertz CT molecular complexity index is 318. The third-order valence-corrected chi connectivity index (χ3v) is 2.57. The summed E-state index contributed by atoms with van der Waals surface area (Å²) in [5.41, 5.74) is 3.82. The van der Waals surface area contributed by atoms with Gasteiger partial charge in [-0.25, -0.2) is 0 Å². The molecule has 1 aliphatic carbocycles. The van der Waals surface area contributed by atoms with Crippen molar-refractivity contribution in [3.8, 4) is 0 Å². The highest BCUT2D eigenvalue weighted by atomic mass is 14.8. The second-order valence-electron chi connectivity index (χ2n) is 3.67. The predicted octanol–water partition coefficient (Wildman–Crippen LogP) is 3.64. The molecule has 2 rings (SSSR count). The maximum absolute atomic E-state index is 4.67. The molecule has 0 aliphatic heterocycles. The van der Waals surface area contributed by atoms with Crippen molar-refractivity contribution in [2.24, 2.45) is 4.99 Å². The molecule has 13 heavy (non-hydrogen) atoms. The monoisotopic (exact) mass is 173 g/mol. The highest BCUT2D eigenvalue weighted by Gasteiger charge is 2.08. The number of hydrogen-bond acceptors (Lipinski definition) is 1. The van der Waals surface area contributed by atoms with Crippen LogP contribution in [0.2, 0.25) is 0 Å². The van der Waals surface area contributed by atoms with Crippen LogP contribution in [0.3, 0.4) is 0 Å². The van der Waals surface area contributed by atoms with Gasteiger partial charge < -0.3 is 0 Å². The van der Waals surface area contributed by atoms with E-state index in [9.17, 15) is 0 Å². The van der Waals surface area contributed by atoms with E-state index >= 15 is 0 Å². The van der Waals surface area contributed by atoms with Crippen LogP contribution in [0.4, 0.5) is 5.69 Å². The summed E-state index contributed by atoms with van der Waals surface area (Å²) in [4.78, 5) is 4.67. The quantitative estimate of drug-likeness (QED) is 0.614. The Labute approximate surface area is 79.5 Å². The molecule has 0 radical (unpaired) electrons. The molecule has 1 aliphatic rings. The van der Waals surface area contributed by atoms with Gasteiger partial charge >= 0.3 is 0 Å². The van der Waals surface area contributed by atoms with E-state index in [0.29, 0.717) is 0 Å². The van der Waals surface area contributed by atoms with E-state index in [1.165, 1.54) is 37.0 Å². The van der Waals surface area contributed by atoms with E-state index in [-0.39, 0.29) is 0 Å². The Morgan fingerprint density at radius 3 is 2.46 bits per heavy atom. The lowest BCUT2D eigenvalue weighted by molar-refractivity contribution is 0.886. The van der Waals surface area contributed by atoms with Crippen molar-refractivity contribution in [1.29, 1.82) is 0 Å². The highest BCUT2D eigenvalue weighted by molar-refractivity contribution is 5.88. The summed E-state index contributed by atoms with van der Waals surface area (Å²) in [6, 6.07) is 8.34. The molecular formula is C12H15N. The first-order valence-electron chi connectivity index (χ1n) is 4.98. The Morgan fingerprint density at radius 1 is 1.08 bits per heavy atom. The summed E-state index contributed by atoms with van der Waals surface area (Å²) >= 11 is 0. The second kappa shape index (κ2) is 3.73. The number of rotatable bonds is 1. The van der Waals surface area contributed by atoms with Gasteiger partial charge in [0.05, 0.1) is 5.69 Å². The number of benzene rings is 1. The minimum absolute atomic E-state index is 1.15. The Balaban J connectivity index is 2.25. The molecule has 68 valence electrons. The molecule has 0 amide bonds. The number of para-hydroxylation sites is 1. The van der Waals surface area contributed by atoms with Crippen molar-refractivity contribution in [2.45, 2.75) is 32.6 Å². The van der Waals surface area contributed by atoms with Crippen molar-refractivity contribution in [1.82, 2.24) is 0 Å². The van der Waals surface area contributed by atoms with Crippen molar-refractivity contribution < 1.29 is 0 Å². The summed E-state index contributed by atoms with van der Waals surface area (Å²) in [6.07, 6.45) is 5.05. The Kier molecular flexibility index (Phi) is 2.44. The molecule has 1 nitrogen and oxygen atoms in total. The van der Waals surface area contributed by atoms with E-state index in [1.54, 1.807) is 0 Å². The third-order valence-electron chi connectivity index (χ3n) is 2.57. The molecule has 1 saturated carbocycles. The molecule has 1 aromatic rings. The van der Waals surface area contributed by atoms with E-state index in [4.69, 9.17) is 0 Å². The lowest BCUT2D eigenvalue weighted by atomic mass is 10.2. The van der Waals surface area contributed by atoms with Gasteiger partial charge in [-0.15, -0.1) is 0 Å². The molecule has 0 unspecified atom stereocenters. The van der Waals surface area contributed by atoms with E-state index < -0.39 is 0 Å². The number of aryl methyl sites for hydroxylation is 1. The van der Waals surface area contributed by atoms with Gasteiger partial charge in [0.25, 0.3) is 0 Å². The van der Waals surface area contributed by atoms with Gasteiger partial charge in [0.1, 0.15) is 0 Å². The normalized spacial score (nSPS) is 16.2. The van der Waals surface area contributed by atoms with Crippen LogP contribution in [-0.2, 0) is 0 Å². The van der Waals surface area contributed by atoms with Crippen molar-refractivity contribution >= 4 is 11.4 Å².